The van der Waals surface area contributed by atoms with Crippen molar-refractivity contribution in [2.75, 3.05) is 19.0 Å². The quantitative estimate of drug-likeness (QED) is 0.808. The molecule has 0 spiro atoms. The third-order valence-electron chi connectivity index (χ3n) is 5.14. The largest absolute Gasteiger partial charge is 0.325 e. The highest BCUT2D eigenvalue weighted by atomic mass is 35.5. The van der Waals surface area contributed by atoms with Gasteiger partial charge in [0.25, 0.3) is 0 Å². The lowest BCUT2D eigenvalue weighted by Crippen LogP contribution is -2.39. The van der Waals surface area contributed by atoms with Crippen LogP contribution in [0.2, 0.25) is 0 Å². The van der Waals surface area contributed by atoms with Crippen LogP contribution in [0.3, 0.4) is 0 Å². The van der Waals surface area contributed by atoms with Gasteiger partial charge in [-0.05, 0) is 44.4 Å². The number of aromatic nitrogens is 2. The van der Waals surface area contributed by atoms with E-state index in [9.17, 15) is 0 Å². The minimum atomic E-state index is 0.593. The van der Waals surface area contributed by atoms with Crippen LogP contribution < -0.4 is 0 Å². The molecule has 0 saturated carbocycles. The number of fused-ring (bicyclic) bond motifs is 2. The number of rotatable bonds is 3. The predicted molar refractivity (Wildman–Crippen MR) is 87.0 cm³/mol. The Hall–Kier alpha value is -1.06. The van der Waals surface area contributed by atoms with Crippen molar-refractivity contribution in [2.45, 2.75) is 44.2 Å². The summed E-state index contributed by atoms with van der Waals surface area (Å²) in [5, 5.41) is 0. The first kappa shape index (κ1) is 13.6. The molecule has 21 heavy (non-hydrogen) atoms. The maximum Gasteiger partial charge on any atom is 0.111 e. The number of benzene rings is 1. The van der Waals surface area contributed by atoms with Crippen LogP contribution in [-0.2, 0) is 6.42 Å². The minimum absolute atomic E-state index is 0.593. The van der Waals surface area contributed by atoms with Crippen molar-refractivity contribution >= 4 is 22.6 Å². The number of alkyl halides is 1. The van der Waals surface area contributed by atoms with Crippen LogP contribution >= 0.6 is 11.6 Å². The zero-order valence-corrected chi connectivity index (χ0v) is 13.1. The number of nitrogens with zero attached hydrogens (tertiary/aromatic N) is 3. The average Bonchev–Trinajstić information content (AvgIpc) is 3.10. The Balaban J connectivity index is 1.72. The van der Waals surface area contributed by atoms with E-state index in [1.165, 1.54) is 50.1 Å². The number of para-hydroxylation sites is 2. The molecule has 0 amide bonds. The Labute approximate surface area is 130 Å². The molecule has 2 aromatic rings. The van der Waals surface area contributed by atoms with Crippen molar-refractivity contribution in [1.82, 2.24) is 14.5 Å². The Morgan fingerprint density at radius 3 is 2.95 bits per heavy atom. The van der Waals surface area contributed by atoms with Gasteiger partial charge < -0.3 is 9.47 Å². The molecule has 2 unspecified atom stereocenters. The van der Waals surface area contributed by atoms with Crippen LogP contribution in [0.25, 0.3) is 11.0 Å². The maximum atomic E-state index is 6.00. The number of hydrogen-bond donors (Lipinski definition) is 0. The first-order valence-electron chi connectivity index (χ1n) is 8.12. The zero-order chi connectivity index (χ0) is 14.2. The molecule has 4 heteroatoms. The van der Waals surface area contributed by atoms with Gasteiger partial charge in [0.15, 0.2) is 0 Å². The van der Waals surface area contributed by atoms with Crippen molar-refractivity contribution in [3.8, 4) is 0 Å². The normalized spacial score (nSPS) is 26.3. The van der Waals surface area contributed by atoms with Crippen LogP contribution in [0.1, 0.15) is 37.5 Å². The summed E-state index contributed by atoms with van der Waals surface area (Å²) in [7, 11) is 0. The fourth-order valence-electron chi connectivity index (χ4n) is 4.20. The molecule has 0 bridgehead atoms. The number of halogens is 1. The lowest BCUT2D eigenvalue weighted by atomic mass is 9.97. The van der Waals surface area contributed by atoms with E-state index in [0.29, 0.717) is 11.9 Å². The summed E-state index contributed by atoms with van der Waals surface area (Å²) in [6.07, 6.45) is 6.12. The zero-order valence-electron chi connectivity index (χ0n) is 12.3. The monoisotopic (exact) mass is 303 g/mol. The highest BCUT2D eigenvalue weighted by Gasteiger charge is 2.33. The summed E-state index contributed by atoms with van der Waals surface area (Å²) in [4.78, 5) is 7.51. The molecule has 0 N–H and O–H groups in total. The van der Waals surface area contributed by atoms with Crippen molar-refractivity contribution < 1.29 is 0 Å². The van der Waals surface area contributed by atoms with Gasteiger partial charge in [-0.25, -0.2) is 4.98 Å². The molecule has 2 aliphatic heterocycles. The minimum Gasteiger partial charge on any atom is -0.325 e. The maximum absolute atomic E-state index is 6.00. The number of hydrogen-bond acceptors (Lipinski definition) is 2. The van der Waals surface area contributed by atoms with Gasteiger partial charge in [0.2, 0.25) is 0 Å². The highest BCUT2D eigenvalue weighted by molar-refractivity contribution is 6.17. The van der Waals surface area contributed by atoms with Crippen LogP contribution in [0.15, 0.2) is 24.3 Å². The molecule has 112 valence electrons. The van der Waals surface area contributed by atoms with E-state index in [1.807, 2.05) is 0 Å². The Morgan fingerprint density at radius 2 is 2.05 bits per heavy atom. The molecule has 2 aliphatic rings. The van der Waals surface area contributed by atoms with E-state index < -0.39 is 0 Å². The molecular formula is C17H22ClN3. The van der Waals surface area contributed by atoms with Gasteiger partial charge in [-0.2, -0.15) is 0 Å². The van der Waals surface area contributed by atoms with Gasteiger partial charge in [-0.3, -0.25) is 0 Å². The van der Waals surface area contributed by atoms with E-state index in [2.05, 4.69) is 33.7 Å². The first-order valence-corrected chi connectivity index (χ1v) is 8.66. The Morgan fingerprint density at radius 1 is 1.14 bits per heavy atom. The molecule has 0 aliphatic carbocycles. The average molecular weight is 304 g/mol. The van der Waals surface area contributed by atoms with Crippen LogP contribution in [-0.4, -0.2) is 39.5 Å². The lowest BCUT2D eigenvalue weighted by Gasteiger charge is -2.36. The fraction of sp³-hybridized carbons (Fsp3) is 0.588. The third-order valence-corrected chi connectivity index (χ3v) is 5.33. The first-order chi connectivity index (χ1) is 10.4. The second-order valence-electron chi connectivity index (χ2n) is 6.34. The second-order valence-corrected chi connectivity index (χ2v) is 6.71. The van der Waals surface area contributed by atoms with Gasteiger partial charge >= 0.3 is 0 Å². The molecule has 1 aromatic carbocycles. The molecule has 2 atom stereocenters. The molecule has 4 rings (SSSR count). The van der Waals surface area contributed by atoms with Crippen LogP contribution in [0.4, 0.5) is 0 Å². The van der Waals surface area contributed by atoms with Crippen molar-refractivity contribution in [3.63, 3.8) is 0 Å². The summed E-state index contributed by atoms with van der Waals surface area (Å²) >= 11 is 6.00. The van der Waals surface area contributed by atoms with Gasteiger partial charge in [-0.15, -0.1) is 11.6 Å². The summed E-state index contributed by atoms with van der Waals surface area (Å²) < 4.78 is 2.49. The van der Waals surface area contributed by atoms with Gasteiger partial charge in [0, 0.05) is 30.9 Å². The van der Waals surface area contributed by atoms with Gasteiger partial charge in [-0.1, -0.05) is 12.1 Å². The molecule has 2 fully saturated rings. The molecule has 2 saturated heterocycles. The van der Waals surface area contributed by atoms with Crippen LogP contribution in [0.5, 0.6) is 0 Å². The molecule has 3 heterocycles. The van der Waals surface area contributed by atoms with Crippen LogP contribution in [0, 0.1) is 0 Å². The van der Waals surface area contributed by atoms with Gasteiger partial charge in [0.05, 0.1) is 11.0 Å². The summed E-state index contributed by atoms with van der Waals surface area (Å²) in [5.41, 5.74) is 2.40. The standard InChI is InChI=1S/C17H22ClN3/c18-9-7-17-19-15-5-1-2-6-16(15)21(17)14-8-11-20-10-3-4-13(20)12-14/h1-2,5-6,13-14H,3-4,7-12H2. The molecule has 0 radical (unpaired) electrons. The van der Waals surface area contributed by atoms with E-state index in [-0.39, 0.29) is 0 Å². The van der Waals surface area contributed by atoms with Crippen molar-refractivity contribution in [2.24, 2.45) is 0 Å². The smallest absolute Gasteiger partial charge is 0.111 e. The summed E-state index contributed by atoms with van der Waals surface area (Å²) in [6, 6.07) is 9.90. The summed E-state index contributed by atoms with van der Waals surface area (Å²) in [6.45, 7) is 2.54. The predicted octanol–water partition coefficient (Wildman–Crippen LogP) is 3.62. The van der Waals surface area contributed by atoms with Gasteiger partial charge in [0.1, 0.15) is 5.82 Å². The number of piperidine rings is 1. The van der Waals surface area contributed by atoms with E-state index in [1.54, 1.807) is 0 Å². The molecule has 1 aromatic heterocycles. The van der Waals surface area contributed by atoms with Crippen molar-refractivity contribution in [1.29, 1.82) is 0 Å². The second kappa shape index (κ2) is 5.62. The lowest BCUT2D eigenvalue weighted by molar-refractivity contribution is 0.156. The molecule has 3 nitrogen and oxygen atoms in total. The summed E-state index contributed by atoms with van der Waals surface area (Å²) in [5.74, 6) is 1.81. The fourth-order valence-corrected chi connectivity index (χ4v) is 4.37. The Kier molecular flexibility index (Phi) is 3.64. The van der Waals surface area contributed by atoms with E-state index >= 15 is 0 Å². The number of aryl methyl sites for hydroxylation is 1. The third kappa shape index (κ3) is 2.36. The highest BCUT2D eigenvalue weighted by Crippen LogP contribution is 2.35. The SMILES string of the molecule is ClCCc1nc2ccccc2n1C1CCN2CCCC2C1. The van der Waals surface area contributed by atoms with E-state index in [0.717, 1.165) is 18.0 Å². The Bertz CT molecular complexity index is 636. The topological polar surface area (TPSA) is 21.1 Å². The van der Waals surface area contributed by atoms with Crippen molar-refractivity contribution in [3.05, 3.63) is 30.1 Å². The molecular weight excluding hydrogens is 282 g/mol. The van der Waals surface area contributed by atoms with E-state index in [4.69, 9.17) is 16.6 Å². The number of imidazole rings is 1.